The van der Waals surface area contributed by atoms with Gasteiger partial charge in [-0.15, -0.1) is 0 Å². The largest absolute Gasteiger partial charge is 0.358 e. The van der Waals surface area contributed by atoms with Crippen LogP contribution in [-0.4, -0.2) is 30.1 Å². The molecule has 116 valence electrons. The van der Waals surface area contributed by atoms with Crippen LogP contribution in [-0.2, 0) is 19.1 Å². The Bertz CT molecular complexity index is 696. The van der Waals surface area contributed by atoms with Crippen molar-refractivity contribution in [1.29, 1.82) is 0 Å². The van der Waals surface area contributed by atoms with Crippen molar-refractivity contribution in [1.82, 2.24) is 0 Å². The van der Waals surface area contributed by atoms with E-state index in [1.807, 2.05) is 39.0 Å². The van der Waals surface area contributed by atoms with Gasteiger partial charge in [0.15, 0.2) is 0 Å². The molecule has 6 heteroatoms. The van der Waals surface area contributed by atoms with Gasteiger partial charge in [0.25, 0.3) is 11.8 Å². The van der Waals surface area contributed by atoms with Gasteiger partial charge in [0.05, 0.1) is 11.4 Å². The Hall–Kier alpha value is -1.92. The highest BCUT2D eigenvalue weighted by atomic mass is 16.8. The van der Waals surface area contributed by atoms with Crippen LogP contribution in [0.3, 0.4) is 0 Å². The van der Waals surface area contributed by atoms with Crippen LogP contribution >= 0.6 is 0 Å². The summed E-state index contributed by atoms with van der Waals surface area (Å²) in [6.45, 7) is 7.48. The van der Waals surface area contributed by atoms with E-state index in [2.05, 4.69) is 0 Å². The van der Waals surface area contributed by atoms with E-state index in [1.165, 1.54) is 9.80 Å². The molecule has 0 radical (unpaired) electrons. The van der Waals surface area contributed by atoms with Crippen LogP contribution in [0.15, 0.2) is 24.3 Å². The third kappa shape index (κ3) is 1.41. The van der Waals surface area contributed by atoms with Gasteiger partial charge < -0.3 is 9.47 Å². The molecule has 0 N–H and O–H groups in total. The van der Waals surface area contributed by atoms with Crippen LogP contribution in [0.2, 0.25) is 0 Å². The SMILES string of the molecule is C[C@H]1OC23O[C@@H](C(C)(C)C)C(=O)N2c2ccccc2N3C1=O. The van der Waals surface area contributed by atoms with Crippen molar-refractivity contribution < 1.29 is 19.1 Å². The zero-order valence-corrected chi connectivity index (χ0v) is 13.0. The predicted molar refractivity (Wildman–Crippen MR) is 79.0 cm³/mol. The second-order valence-electron chi connectivity index (χ2n) is 7.01. The van der Waals surface area contributed by atoms with Crippen molar-refractivity contribution in [2.75, 3.05) is 9.80 Å². The first kappa shape index (κ1) is 13.7. The summed E-state index contributed by atoms with van der Waals surface area (Å²) in [6.07, 6.45) is -1.32. The molecule has 0 aliphatic carbocycles. The summed E-state index contributed by atoms with van der Waals surface area (Å²) >= 11 is 0. The molecule has 3 atom stereocenters. The fraction of sp³-hybridized carbons (Fsp3) is 0.500. The normalized spacial score (nSPS) is 33.3. The number of fused-ring (bicyclic) bond motifs is 3. The number of carbonyl (C=O) groups excluding carboxylic acids is 2. The molecule has 1 aromatic rings. The molecule has 1 aromatic carbocycles. The summed E-state index contributed by atoms with van der Waals surface area (Å²) in [5, 5.41) is 0. The average molecular weight is 302 g/mol. The van der Waals surface area contributed by atoms with Crippen molar-refractivity contribution in [3.8, 4) is 0 Å². The van der Waals surface area contributed by atoms with E-state index in [9.17, 15) is 9.59 Å². The first-order valence-corrected chi connectivity index (χ1v) is 7.40. The standard InChI is InChI=1S/C16H18N2O4/c1-9-13(19)17-10-7-5-6-8-11(10)18-14(20)12(15(2,3)4)22-16(17,18)21-9/h5-9,12H,1-4H3/t9-,12-,16?/m1/s1. The highest BCUT2D eigenvalue weighted by molar-refractivity contribution is 6.13. The van der Waals surface area contributed by atoms with Crippen molar-refractivity contribution in [3.05, 3.63) is 24.3 Å². The van der Waals surface area contributed by atoms with Crippen LogP contribution in [0.4, 0.5) is 11.4 Å². The molecular formula is C16H18N2O4. The molecule has 22 heavy (non-hydrogen) atoms. The highest BCUT2D eigenvalue weighted by Crippen LogP contribution is 2.55. The van der Waals surface area contributed by atoms with Gasteiger partial charge in [0, 0.05) is 0 Å². The number of carbonyl (C=O) groups is 2. The number of benzene rings is 1. The number of ether oxygens (including phenoxy) is 2. The second-order valence-corrected chi connectivity index (χ2v) is 7.01. The number of anilines is 2. The summed E-state index contributed by atoms with van der Waals surface area (Å²) in [5.41, 5.74) is 0.909. The van der Waals surface area contributed by atoms with Crippen molar-refractivity contribution in [3.63, 3.8) is 0 Å². The minimum atomic E-state index is -1.46. The van der Waals surface area contributed by atoms with Gasteiger partial charge in [0.1, 0.15) is 12.2 Å². The first-order chi connectivity index (χ1) is 10.3. The van der Waals surface area contributed by atoms with Gasteiger partial charge in [-0.2, -0.15) is 0 Å². The monoisotopic (exact) mass is 302 g/mol. The topological polar surface area (TPSA) is 59.1 Å². The van der Waals surface area contributed by atoms with Gasteiger partial charge in [0.2, 0.25) is 0 Å². The molecule has 4 rings (SSSR count). The summed E-state index contributed by atoms with van der Waals surface area (Å²) in [6, 6.07) is 5.81. The molecule has 2 fully saturated rings. The lowest BCUT2D eigenvalue weighted by molar-refractivity contribution is -0.220. The maximum absolute atomic E-state index is 12.9. The second kappa shape index (κ2) is 3.88. The number of nitrogens with zero attached hydrogens (tertiary/aromatic N) is 2. The number of hydrogen-bond donors (Lipinski definition) is 0. The smallest absolute Gasteiger partial charge is 0.301 e. The number of amides is 2. The van der Waals surface area contributed by atoms with E-state index in [0.29, 0.717) is 11.4 Å². The predicted octanol–water partition coefficient (Wildman–Crippen LogP) is 1.84. The Morgan fingerprint density at radius 1 is 1.00 bits per heavy atom. The van der Waals surface area contributed by atoms with E-state index in [1.54, 1.807) is 13.0 Å². The first-order valence-electron chi connectivity index (χ1n) is 7.40. The van der Waals surface area contributed by atoms with Gasteiger partial charge in [-0.3, -0.25) is 9.59 Å². The molecular weight excluding hydrogens is 284 g/mol. The van der Waals surface area contributed by atoms with Crippen molar-refractivity contribution >= 4 is 23.2 Å². The molecule has 1 spiro atoms. The molecule has 3 aliphatic rings. The zero-order chi connectivity index (χ0) is 15.9. The molecule has 1 unspecified atom stereocenters. The fourth-order valence-corrected chi connectivity index (χ4v) is 3.33. The van der Waals surface area contributed by atoms with Crippen molar-refractivity contribution in [2.45, 2.75) is 45.9 Å². The van der Waals surface area contributed by atoms with Gasteiger partial charge in [-0.1, -0.05) is 32.9 Å². The van der Waals surface area contributed by atoms with Crippen LogP contribution < -0.4 is 9.80 Å². The lowest BCUT2D eigenvalue weighted by Crippen LogP contribution is -2.53. The van der Waals surface area contributed by atoms with Crippen LogP contribution in [0, 0.1) is 5.41 Å². The quantitative estimate of drug-likeness (QED) is 0.734. The average Bonchev–Trinajstić information content (AvgIpc) is 2.96. The Kier molecular flexibility index (Phi) is 2.42. The zero-order valence-electron chi connectivity index (χ0n) is 13.0. The fourth-order valence-electron chi connectivity index (χ4n) is 3.33. The van der Waals surface area contributed by atoms with Crippen LogP contribution in [0.1, 0.15) is 27.7 Å². The van der Waals surface area contributed by atoms with Gasteiger partial charge in [-0.05, 0) is 24.5 Å². The number of para-hydroxylation sites is 2. The van der Waals surface area contributed by atoms with E-state index in [0.717, 1.165) is 0 Å². The maximum atomic E-state index is 12.9. The maximum Gasteiger partial charge on any atom is 0.358 e. The van der Waals surface area contributed by atoms with Crippen molar-refractivity contribution in [2.24, 2.45) is 5.41 Å². The van der Waals surface area contributed by atoms with E-state index < -0.39 is 23.7 Å². The Balaban J connectivity index is 1.93. The summed E-state index contributed by atoms with van der Waals surface area (Å²) in [4.78, 5) is 28.4. The summed E-state index contributed by atoms with van der Waals surface area (Å²) in [5.74, 6) is -0.373. The molecule has 0 saturated carbocycles. The lowest BCUT2D eigenvalue weighted by atomic mass is 9.88. The minimum absolute atomic E-state index is 0.177. The molecule has 2 saturated heterocycles. The molecule has 2 amide bonds. The van der Waals surface area contributed by atoms with Crippen LogP contribution in [0.25, 0.3) is 0 Å². The number of hydrogen-bond acceptors (Lipinski definition) is 4. The Labute approximate surface area is 128 Å². The number of rotatable bonds is 0. The molecule has 6 nitrogen and oxygen atoms in total. The minimum Gasteiger partial charge on any atom is -0.301 e. The van der Waals surface area contributed by atoms with E-state index in [4.69, 9.17) is 9.47 Å². The highest BCUT2D eigenvalue weighted by Gasteiger charge is 2.70. The molecule has 3 aliphatic heterocycles. The lowest BCUT2D eigenvalue weighted by Gasteiger charge is -2.30. The molecule has 3 heterocycles. The van der Waals surface area contributed by atoms with Gasteiger partial charge >= 0.3 is 6.03 Å². The van der Waals surface area contributed by atoms with E-state index >= 15 is 0 Å². The third-order valence-electron chi connectivity index (χ3n) is 4.33. The van der Waals surface area contributed by atoms with E-state index in [-0.39, 0.29) is 11.8 Å². The Morgan fingerprint density at radius 3 is 2.09 bits per heavy atom. The molecule has 0 bridgehead atoms. The third-order valence-corrected chi connectivity index (χ3v) is 4.33. The van der Waals surface area contributed by atoms with Gasteiger partial charge in [-0.25, -0.2) is 9.80 Å². The molecule has 0 aromatic heterocycles. The Morgan fingerprint density at radius 2 is 1.55 bits per heavy atom. The van der Waals surface area contributed by atoms with Crippen LogP contribution in [0.5, 0.6) is 0 Å². The summed E-state index contributed by atoms with van der Waals surface area (Å²) < 4.78 is 11.9. The summed E-state index contributed by atoms with van der Waals surface area (Å²) in [7, 11) is 0.